The molecule has 0 fully saturated rings. The molecule has 0 aliphatic rings. The zero-order chi connectivity index (χ0) is 10.6. The highest BCUT2D eigenvalue weighted by Crippen LogP contribution is 2.24. The smallest absolute Gasteiger partial charge is 0.142 e. The van der Waals surface area contributed by atoms with Gasteiger partial charge in [0.05, 0.1) is 11.8 Å². The Hall–Kier alpha value is -1.25. The van der Waals surface area contributed by atoms with Crippen LogP contribution in [0, 0.1) is 5.82 Å². The van der Waals surface area contributed by atoms with E-state index in [-0.39, 0.29) is 11.9 Å². The maximum absolute atomic E-state index is 12.7. The lowest BCUT2D eigenvalue weighted by Crippen LogP contribution is -2.14. The Kier molecular flexibility index (Phi) is 3.74. The van der Waals surface area contributed by atoms with E-state index in [9.17, 15) is 4.39 Å². The Morgan fingerprint density at radius 2 is 2.00 bits per heavy atom. The molecule has 0 amide bonds. The molecule has 0 saturated heterocycles. The van der Waals surface area contributed by atoms with Crippen LogP contribution in [-0.4, -0.2) is 6.10 Å². The summed E-state index contributed by atoms with van der Waals surface area (Å²) in [6.45, 7) is 4.10. The molecule has 1 rings (SSSR count). The molecule has 0 radical (unpaired) electrons. The molecule has 0 atom stereocenters. The van der Waals surface area contributed by atoms with Gasteiger partial charge >= 0.3 is 0 Å². The van der Waals surface area contributed by atoms with E-state index < -0.39 is 0 Å². The minimum Gasteiger partial charge on any atom is -0.488 e. The van der Waals surface area contributed by atoms with Crippen LogP contribution in [0.3, 0.4) is 0 Å². The average Bonchev–Trinajstić information content (AvgIpc) is 2.17. The quantitative estimate of drug-likeness (QED) is 0.753. The van der Waals surface area contributed by atoms with E-state index in [0.717, 1.165) is 12.8 Å². The second-order valence-corrected chi connectivity index (χ2v) is 3.24. The van der Waals surface area contributed by atoms with Gasteiger partial charge in [0.1, 0.15) is 11.6 Å². The first-order chi connectivity index (χ1) is 6.67. The summed E-state index contributed by atoms with van der Waals surface area (Å²) >= 11 is 0. The van der Waals surface area contributed by atoms with Gasteiger partial charge in [0.2, 0.25) is 0 Å². The number of benzene rings is 1. The van der Waals surface area contributed by atoms with Gasteiger partial charge in [0.25, 0.3) is 0 Å². The van der Waals surface area contributed by atoms with Gasteiger partial charge in [-0.2, -0.15) is 0 Å². The van der Waals surface area contributed by atoms with Crippen LogP contribution in [0.5, 0.6) is 5.75 Å². The number of ether oxygens (including phenoxy) is 1. The fraction of sp³-hybridized carbons (Fsp3) is 0.455. The van der Waals surface area contributed by atoms with Crippen molar-refractivity contribution in [2.45, 2.75) is 32.8 Å². The summed E-state index contributed by atoms with van der Waals surface area (Å²) in [4.78, 5) is 0. The summed E-state index contributed by atoms with van der Waals surface area (Å²) in [7, 11) is 0. The van der Waals surface area contributed by atoms with Crippen LogP contribution in [0.1, 0.15) is 26.7 Å². The van der Waals surface area contributed by atoms with E-state index in [2.05, 4.69) is 0 Å². The van der Waals surface area contributed by atoms with Gasteiger partial charge in [-0.1, -0.05) is 13.8 Å². The minimum atomic E-state index is -0.334. The molecule has 0 spiro atoms. The number of halogens is 1. The second-order valence-electron chi connectivity index (χ2n) is 3.24. The Labute approximate surface area is 83.9 Å². The fourth-order valence-corrected chi connectivity index (χ4v) is 1.26. The van der Waals surface area contributed by atoms with Crippen molar-refractivity contribution in [3.63, 3.8) is 0 Å². The predicted octanol–water partition coefficient (Wildman–Crippen LogP) is 2.98. The summed E-state index contributed by atoms with van der Waals surface area (Å²) in [6.07, 6.45) is 2.00. The van der Waals surface area contributed by atoms with Crippen molar-refractivity contribution in [1.82, 2.24) is 0 Å². The highest BCUT2D eigenvalue weighted by atomic mass is 19.1. The summed E-state index contributed by atoms with van der Waals surface area (Å²) < 4.78 is 18.3. The summed E-state index contributed by atoms with van der Waals surface area (Å²) in [5, 5.41) is 0. The van der Waals surface area contributed by atoms with Crippen molar-refractivity contribution in [2.24, 2.45) is 0 Å². The van der Waals surface area contributed by atoms with Gasteiger partial charge in [0.15, 0.2) is 0 Å². The van der Waals surface area contributed by atoms with Crippen LogP contribution in [0.4, 0.5) is 10.1 Å². The van der Waals surface area contributed by atoms with Crippen molar-refractivity contribution < 1.29 is 9.13 Å². The molecule has 2 N–H and O–H groups in total. The third-order valence-corrected chi connectivity index (χ3v) is 2.18. The molecule has 1 aromatic rings. The molecule has 2 nitrogen and oxygen atoms in total. The van der Waals surface area contributed by atoms with Crippen molar-refractivity contribution in [3.8, 4) is 5.75 Å². The normalized spacial score (nSPS) is 10.6. The Balaban J connectivity index is 2.76. The summed E-state index contributed by atoms with van der Waals surface area (Å²) in [5.74, 6) is 0.236. The van der Waals surface area contributed by atoms with E-state index in [1.54, 1.807) is 6.07 Å². The first kappa shape index (κ1) is 10.8. The zero-order valence-corrected chi connectivity index (χ0v) is 8.59. The van der Waals surface area contributed by atoms with Gasteiger partial charge in [-0.15, -0.1) is 0 Å². The van der Waals surface area contributed by atoms with Gasteiger partial charge < -0.3 is 10.5 Å². The molecule has 0 aromatic heterocycles. The number of rotatable bonds is 4. The number of nitrogens with two attached hydrogens (primary N) is 1. The van der Waals surface area contributed by atoms with Gasteiger partial charge in [-0.3, -0.25) is 0 Å². The van der Waals surface area contributed by atoms with Crippen LogP contribution in [0.2, 0.25) is 0 Å². The largest absolute Gasteiger partial charge is 0.488 e. The van der Waals surface area contributed by atoms with Gasteiger partial charge in [-0.05, 0) is 25.0 Å². The Bertz CT molecular complexity index is 297. The summed E-state index contributed by atoms with van der Waals surface area (Å²) in [5.41, 5.74) is 5.97. The number of hydrogen-bond donors (Lipinski definition) is 1. The Morgan fingerprint density at radius 1 is 1.36 bits per heavy atom. The van der Waals surface area contributed by atoms with E-state index >= 15 is 0 Å². The molecule has 0 unspecified atom stereocenters. The number of hydrogen-bond acceptors (Lipinski definition) is 2. The molecule has 0 aliphatic carbocycles. The SMILES string of the molecule is CCC(CC)Oc1ccc(F)cc1N. The van der Waals surface area contributed by atoms with Crippen LogP contribution >= 0.6 is 0 Å². The highest BCUT2D eigenvalue weighted by Gasteiger charge is 2.08. The van der Waals surface area contributed by atoms with Crippen LogP contribution in [0.15, 0.2) is 18.2 Å². The topological polar surface area (TPSA) is 35.2 Å². The fourth-order valence-electron chi connectivity index (χ4n) is 1.26. The van der Waals surface area contributed by atoms with E-state index in [1.165, 1.54) is 12.1 Å². The lowest BCUT2D eigenvalue weighted by Gasteiger charge is -2.16. The molecule has 14 heavy (non-hydrogen) atoms. The molecule has 1 aromatic carbocycles. The molecular formula is C11H16FNO. The molecular weight excluding hydrogens is 181 g/mol. The predicted molar refractivity (Wildman–Crippen MR) is 55.8 cm³/mol. The molecule has 0 heterocycles. The van der Waals surface area contributed by atoms with E-state index in [4.69, 9.17) is 10.5 Å². The monoisotopic (exact) mass is 197 g/mol. The lowest BCUT2D eigenvalue weighted by atomic mass is 10.2. The molecule has 0 bridgehead atoms. The lowest BCUT2D eigenvalue weighted by molar-refractivity contribution is 0.194. The van der Waals surface area contributed by atoms with E-state index in [0.29, 0.717) is 11.4 Å². The first-order valence-electron chi connectivity index (χ1n) is 4.89. The van der Waals surface area contributed by atoms with Crippen molar-refractivity contribution in [1.29, 1.82) is 0 Å². The maximum atomic E-state index is 12.7. The van der Waals surface area contributed by atoms with Crippen LogP contribution in [0.25, 0.3) is 0 Å². The first-order valence-corrected chi connectivity index (χ1v) is 4.89. The number of nitrogen functional groups attached to an aromatic ring is 1. The average molecular weight is 197 g/mol. The van der Waals surface area contributed by atoms with E-state index in [1.807, 2.05) is 13.8 Å². The Morgan fingerprint density at radius 3 is 2.50 bits per heavy atom. The number of anilines is 1. The highest BCUT2D eigenvalue weighted by molar-refractivity contribution is 5.52. The zero-order valence-electron chi connectivity index (χ0n) is 8.59. The minimum absolute atomic E-state index is 0.155. The molecule has 0 aliphatic heterocycles. The van der Waals surface area contributed by atoms with Crippen molar-refractivity contribution in [2.75, 3.05) is 5.73 Å². The van der Waals surface area contributed by atoms with Crippen molar-refractivity contribution in [3.05, 3.63) is 24.0 Å². The van der Waals surface area contributed by atoms with Crippen LogP contribution < -0.4 is 10.5 Å². The van der Waals surface area contributed by atoms with Crippen molar-refractivity contribution >= 4 is 5.69 Å². The van der Waals surface area contributed by atoms with Gasteiger partial charge in [-0.25, -0.2) is 4.39 Å². The second kappa shape index (κ2) is 4.84. The molecule has 3 heteroatoms. The summed E-state index contributed by atoms with van der Waals surface area (Å²) in [6, 6.07) is 4.20. The standard InChI is InChI=1S/C11H16FNO/c1-3-9(4-2)14-11-6-5-8(12)7-10(11)13/h5-7,9H,3-4,13H2,1-2H3. The van der Waals surface area contributed by atoms with Gasteiger partial charge in [0, 0.05) is 6.07 Å². The molecule has 0 saturated carbocycles. The third-order valence-electron chi connectivity index (χ3n) is 2.18. The molecule has 78 valence electrons. The maximum Gasteiger partial charge on any atom is 0.142 e. The third kappa shape index (κ3) is 2.62. The van der Waals surface area contributed by atoms with Crippen LogP contribution in [-0.2, 0) is 0 Å².